The van der Waals surface area contributed by atoms with Gasteiger partial charge < -0.3 is 15.3 Å². The molecule has 2 aliphatic rings. The van der Waals surface area contributed by atoms with Gasteiger partial charge >= 0.3 is 0 Å². The van der Waals surface area contributed by atoms with Gasteiger partial charge in [0.2, 0.25) is 11.9 Å². The average molecular weight is 338 g/mol. The number of anilines is 1. The number of rotatable bonds is 5. The quantitative estimate of drug-likeness (QED) is 0.854. The highest BCUT2D eigenvalue weighted by atomic mass is 16.3. The van der Waals surface area contributed by atoms with E-state index in [9.17, 15) is 9.90 Å². The van der Waals surface area contributed by atoms with E-state index in [-0.39, 0.29) is 24.5 Å². The summed E-state index contributed by atoms with van der Waals surface area (Å²) in [5, 5.41) is 12.9. The smallest absolute Gasteiger partial charge is 0.230 e. The average Bonchev–Trinajstić information content (AvgIpc) is 3.39. The Morgan fingerprint density at radius 3 is 2.52 bits per heavy atom. The van der Waals surface area contributed by atoms with E-state index in [0.717, 1.165) is 18.4 Å². The Balaban J connectivity index is 1.47. The van der Waals surface area contributed by atoms with Crippen molar-refractivity contribution >= 4 is 11.9 Å². The maximum atomic E-state index is 12.9. The summed E-state index contributed by atoms with van der Waals surface area (Å²) in [6.07, 6.45) is 5.17. The summed E-state index contributed by atoms with van der Waals surface area (Å²) in [5.41, 5.74) is 0.687. The molecule has 4 rings (SSSR count). The molecule has 0 bridgehead atoms. The van der Waals surface area contributed by atoms with E-state index < -0.39 is 5.41 Å². The molecular formula is C19H22N4O2. The first kappa shape index (κ1) is 16.0. The van der Waals surface area contributed by atoms with Crippen LogP contribution in [0.5, 0.6) is 0 Å². The van der Waals surface area contributed by atoms with Gasteiger partial charge in [-0.15, -0.1) is 0 Å². The van der Waals surface area contributed by atoms with Crippen molar-refractivity contribution in [3.63, 3.8) is 0 Å². The van der Waals surface area contributed by atoms with Crippen molar-refractivity contribution in [2.45, 2.75) is 24.3 Å². The fourth-order valence-corrected chi connectivity index (χ4v) is 3.67. The van der Waals surface area contributed by atoms with Crippen LogP contribution >= 0.6 is 0 Å². The monoisotopic (exact) mass is 338 g/mol. The van der Waals surface area contributed by atoms with Crippen LogP contribution in [0.1, 0.15) is 18.4 Å². The van der Waals surface area contributed by atoms with Crippen LogP contribution in [-0.4, -0.2) is 46.7 Å². The lowest BCUT2D eigenvalue weighted by molar-refractivity contribution is -0.124. The molecule has 2 fully saturated rings. The van der Waals surface area contributed by atoms with Crippen LogP contribution in [0.3, 0.4) is 0 Å². The molecular weight excluding hydrogens is 316 g/mol. The number of benzene rings is 1. The van der Waals surface area contributed by atoms with Crippen molar-refractivity contribution < 1.29 is 9.90 Å². The van der Waals surface area contributed by atoms with Crippen molar-refractivity contribution in [1.29, 1.82) is 0 Å². The van der Waals surface area contributed by atoms with E-state index in [1.54, 1.807) is 18.5 Å². The number of amides is 1. The standard InChI is InChI=1S/C19H22N4O2/c24-13-14-11-23(18-20-9-4-10-21-18)12-16(14)22-17(25)19(7-8-19)15-5-2-1-3-6-15/h1-6,9-10,14,16,24H,7-8,11-13H2,(H,22,25)/t14-,16+/m0/s1. The molecule has 1 amide bonds. The molecule has 6 heteroatoms. The van der Waals surface area contributed by atoms with E-state index in [1.165, 1.54) is 0 Å². The lowest BCUT2D eigenvalue weighted by Crippen LogP contribution is -2.46. The van der Waals surface area contributed by atoms with Crippen molar-refractivity contribution in [3.8, 4) is 0 Å². The number of carbonyl (C=O) groups excluding carboxylic acids is 1. The number of aliphatic hydroxyl groups is 1. The minimum Gasteiger partial charge on any atom is -0.396 e. The molecule has 25 heavy (non-hydrogen) atoms. The van der Waals surface area contributed by atoms with Crippen LogP contribution in [0.4, 0.5) is 5.95 Å². The molecule has 1 aliphatic carbocycles. The summed E-state index contributed by atoms with van der Waals surface area (Å²) >= 11 is 0. The maximum absolute atomic E-state index is 12.9. The number of hydrogen-bond donors (Lipinski definition) is 2. The summed E-state index contributed by atoms with van der Waals surface area (Å²) in [6, 6.07) is 11.6. The molecule has 0 unspecified atom stereocenters. The van der Waals surface area contributed by atoms with Gasteiger partial charge in [-0.1, -0.05) is 30.3 Å². The van der Waals surface area contributed by atoms with Crippen LogP contribution in [0.15, 0.2) is 48.8 Å². The summed E-state index contributed by atoms with van der Waals surface area (Å²) in [7, 11) is 0. The molecule has 2 atom stereocenters. The van der Waals surface area contributed by atoms with Gasteiger partial charge in [0.05, 0.1) is 11.5 Å². The van der Waals surface area contributed by atoms with Gasteiger partial charge in [0.1, 0.15) is 0 Å². The first-order valence-corrected chi connectivity index (χ1v) is 8.72. The fraction of sp³-hybridized carbons (Fsp3) is 0.421. The van der Waals surface area contributed by atoms with Crippen LogP contribution < -0.4 is 10.2 Å². The lowest BCUT2D eigenvalue weighted by atomic mass is 9.94. The molecule has 6 nitrogen and oxygen atoms in total. The summed E-state index contributed by atoms with van der Waals surface area (Å²) in [5.74, 6) is 0.694. The maximum Gasteiger partial charge on any atom is 0.230 e. The second-order valence-electron chi connectivity index (χ2n) is 6.92. The second kappa shape index (κ2) is 6.44. The third kappa shape index (κ3) is 2.98. The number of hydrogen-bond acceptors (Lipinski definition) is 5. The van der Waals surface area contributed by atoms with Crippen LogP contribution in [0.25, 0.3) is 0 Å². The number of aromatic nitrogens is 2. The summed E-state index contributed by atoms with van der Waals surface area (Å²) < 4.78 is 0. The number of carbonyl (C=O) groups is 1. The second-order valence-corrected chi connectivity index (χ2v) is 6.92. The Morgan fingerprint density at radius 2 is 1.88 bits per heavy atom. The molecule has 2 N–H and O–H groups in total. The number of nitrogens with zero attached hydrogens (tertiary/aromatic N) is 3. The first-order chi connectivity index (χ1) is 12.2. The molecule has 2 heterocycles. The molecule has 0 radical (unpaired) electrons. The Kier molecular flexibility index (Phi) is 4.13. The Hall–Kier alpha value is -2.47. The minimum absolute atomic E-state index is 0.0145. The zero-order valence-electron chi connectivity index (χ0n) is 14.0. The molecule has 1 aromatic carbocycles. The van der Waals surface area contributed by atoms with Crippen molar-refractivity contribution in [1.82, 2.24) is 15.3 Å². The van der Waals surface area contributed by atoms with E-state index in [0.29, 0.717) is 19.0 Å². The number of nitrogens with one attached hydrogen (secondary N) is 1. The van der Waals surface area contributed by atoms with E-state index >= 15 is 0 Å². The summed E-state index contributed by atoms with van der Waals surface area (Å²) in [4.78, 5) is 23.5. The zero-order valence-corrected chi connectivity index (χ0v) is 14.0. The molecule has 1 saturated heterocycles. The third-order valence-electron chi connectivity index (χ3n) is 5.34. The lowest BCUT2D eigenvalue weighted by Gasteiger charge is -2.22. The van der Waals surface area contributed by atoms with Gasteiger partial charge in [-0.2, -0.15) is 0 Å². The SMILES string of the molecule is O=C(N[C@@H]1CN(c2ncccn2)C[C@H]1CO)C1(c2ccccc2)CC1. The Morgan fingerprint density at radius 1 is 1.16 bits per heavy atom. The highest BCUT2D eigenvalue weighted by Gasteiger charge is 2.52. The van der Waals surface area contributed by atoms with Gasteiger partial charge in [-0.05, 0) is 24.5 Å². The Labute approximate surface area is 146 Å². The number of aliphatic hydroxyl groups excluding tert-OH is 1. The highest BCUT2D eigenvalue weighted by Crippen LogP contribution is 2.48. The van der Waals surface area contributed by atoms with Gasteiger partial charge in [-0.25, -0.2) is 9.97 Å². The van der Waals surface area contributed by atoms with Crippen molar-refractivity contribution in [2.75, 3.05) is 24.6 Å². The Bertz CT molecular complexity index is 734. The normalized spacial score (nSPS) is 24.1. The molecule has 130 valence electrons. The van der Waals surface area contributed by atoms with Crippen molar-refractivity contribution in [2.24, 2.45) is 5.92 Å². The molecule has 2 aromatic rings. The first-order valence-electron chi connectivity index (χ1n) is 8.72. The van der Waals surface area contributed by atoms with E-state index in [1.807, 2.05) is 35.2 Å². The molecule has 1 aliphatic heterocycles. The van der Waals surface area contributed by atoms with Crippen LogP contribution in [-0.2, 0) is 10.2 Å². The fourth-order valence-electron chi connectivity index (χ4n) is 3.67. The van der Waals surface area contributed by atoms with E-state index in [2.05, 4.69) is 15.3 Å². The predicted molar refractivity (Wildman–Crippen MR) is 94.1 cm³/mol. The highest BCUT2D eigenvalue weighted by molar-refractivity contribution is 5.91. The topological polar surface area (TPSA) is 78.4 Å². The largest absolute Gasteiger partial charge is 0.396 e. The van der Waals surface area contributed by atoms with Crippen LogP contribution in [0.2, 0.25) is 0 Å². The molecule has 1 aromatic heterocycles. The van der Waals surface area contributed by atoms with Gasteiger partial charge in [0.15, 0.2) is 0 Å². The van der Waals surface area contributed by atoms with E-state index in [4.69, 9.17) is 0 Å². The van der Waals surface area contributed by atoms with Crippen molar-refractivity contribution in [3.05, 3.63) is 54.4 Å². The third-order valence-corrected chi connectivity index (χ3v) is 5.34. The minimum atomic E-state index is -0.391. The molecule has 1 saturated carbocycles. The zero-order chi connectivity index (χ0) is 17.3. The summed E-state index contributed by atoms with van der Waals surface area (Å²) in [6.45, 7) is 1.29. The van der Waals surface area contributed by atoms with Gasteiger partial charge in [0, 0.05) is 38.0 Å². The molecule has 0 spiro atoms. The van der Waals surface area contributed by atoms with Crippen LogP contribution in [0, 0.1) is 5.92 Å². The predicted octanol–water partition coefficient (Wildman–Crippen LogP) is 1.12. The van der Waals surface area contributed by atoms with Gasteiger partial charge in [-0.3, -0.25) is 4.79 Å². The van der Waals surface area contributed by atoms with Gasteiger partial charge in [0.25, 0.3) is 0 Å².